The topological polar surface area (TPSA) is 96.2 Å². The number of aromatic nitrogens is 2. The molecule has 2 aromatic rings. The molecular weight excluding hydrogens is 239 g/mol. The number of para-hydroxylation sites is 1. The highest BCUT2D eigenvalue weighted by atomic mass is 19.1. The van der Waals surface area contributed by atoms with Crippen LogP contribution >= 0.6 is 0 Å². The number of hydrogen-bond donors (Lipinski definition) is 2. The number of fused-ring (bicyclic) bond motifs is 1. The number of primary amides is 1. The van der Waals surface area contributed by atoms with Gasteiger partial charge in [-0.3, -0.25) is 4.79 Å². The fourth-order valence-corrected chi connectivity index (χ4v) is 1.69. The number of nitrogens with two attached hydrogens (primary N) is 2. The van der Waals surface area contributed by atoms with Gasteiger partial charge < -0.3 is 20.8 Å². The van der Waals surface area contributed by atoms with Gasteiger partial charge in [0.15, 0.2) is 5.82 Å². The van der Waals surface area contributed by atoms with E-state index in [9.17, 15) is 9.18 Å². The van der Waals surface area contributed by atoms with Gasteiger partial charge in [-0.15, -0.1) is 0 Å². The molecule has 0 saturated heterocycles. The van der Waals surface area contributed by atoms with Gasteiger partial charge in [-0.25, -0.2) is 9.37 Å². The van der Waals surface area contributed by atoms with Crippen molar-refractivity contribution in [2.45, 2.75) is 6.54 Å². The number of halogens is 1. The third kappa shape index (κ3) is 2.40. The maximum atomic E-state index is 13.4. The number of imidazole rings is 1. The van der Waals surface area contributed by atoms with Crippen LogP contribution in [0.3, 0.4) is 0 Å². The third-order valence-corrected chi connectivity index (χ3v) is 2.46. The second-order valence-corrected chi connectivity index (χ2v) is 3.75. The van der Waals surface area contributed by atoms with Crippen LogP contribution in [0.5, 0.6) is 0 Å². The minimum Gasteiger partial charge on any atom is -0.370 e. The summed E-state index contributed by atoms with van der Waals surface area (Å²) in [6.45, 7) is 0.467. The van der Waals surface area contributed by atoms with E-state index in [0.717, 1.165) is 0 Å². The van der Waals surface area contributed by atoms with Crippen LogP contribution in [-0.2, 0) is 16.1 Å². The largest absolute Gasteiger partial charge is 0.370 e. The Labute approximate surface area is 102 Å². The SMILES string of the molecule is NC(=O)COCCn1c(N)nc2c(F)cccc21. The molecule has 0 fully saturated rings. The average Bonchev–Trinajstić information content (AvgIpc) is 2.63. The fraction of sp³-hybridized carbons (Fsp3) is 0.273. The molecule has 1 aromatic carbocycles. The quantitative estimate of drug-likeness (QED) is 0.746. The van der Waals surface area contributed by atoms with Crippen molar-refractivity contribution >= 4 is 22.9 Å². The lowest BCUT2D eigenvalue weighted by molar-refractivity contribution is -0.122. The van der Waals surface area contributed by atoms with E-state index in [4.69, 9.17) is 16.2 Å². The number of anilines is 1. The van der Waals surface area contributed by atoms with Crippen molar-refractivity contribution in [1.29, 1.82) is 0 Å². The lowest BCUT2D eigenvalue weighted by Crippen LogP contribution is -2.20. The Morgan fingerprint density at radius 1 is 1.50 bits per heavy atom. The molecule has 4 N–H and O–H groups in total. The molecule has 0 radical (unpaired) electrons. The van der Waals surface area contributed by atoms with E-state index in [1.807, 2.05) is 0 Å². The van der Waals surface area contributed by atoms with Crippen molar-refractivity contribution < 1.29 is 13.9 Å². The van der Waals surface area contributed by atoms with Gasteiger partial charge in [-0.1, -0.05) is 6.07 Å². The van der Waals surface area contributed by atoms with Gasteiger partial charge in [0.1, 0.15) is 12.1 Å². The highest BCUT2D eigenvalue weighted by molar-refractivity contribution is 5.78. The van der Waals surface area contributed by atoms with Gasteiger partial charge >= 0.3 is 0 Å². The minimum absolute atomic E-state index is 0.152. The molecular formula is C11H13FN4O2. The number of hydrogen-bond acceptors (Lipinski definition) is 4. The Hall–Kier alpha value is -2.15. The molecule has 0 aliphatic carbocycles. The number of amides is 1. The summed E-state index contributed by atoms with van der Waals surface area (Å²) in [5.41, 5.74) is 11.5. The molecule has 0 spiro atoms. The van der Waals surface area contributed by atoms with Crippen molar-refractivity contribution in [3.8, 4) is 0 Å². The summed E-state index contributed by atoms with van der Waals surface area (Å²) >= 11 is 0. The molecule has 0 aliphatic rings. The van der Waals surface area contributed by atoms with Crippen molar-refractivity contribution in [3.05, 3.63) is 24.0 Å². The number of carbonyl (C=O) groups excluding carboxylic acids is 1. The maximum Gasteiger partial charge on any atom is 0.243 e. The van der Waals surface area contributed by atoms with E-state index >= 15 is 0 Å². The first-order valence-corrected chi connectivity index (χ1v) is 5.36. The summed E-state index contributed by atoms with van der Waals surface area (Å²) in [6, 6.07) is 4.62. The van der Waals surface area contributed by atoms with Crippen molar-refractivity contribution in [3.63, 3.8) is 0 Å². The number of ether oxygens (including phenoxy) is 1. The molecule has 1 heterocycles. The summed E-state index contributed by atoms with van der Waals surface area (Å²) in [5.74, 6) is -0.752. The predicted molar refractivity (Wildman–Crippen MR) is 64.1 cm³/mol. The van der Waals surface area contributed by atoms with Crippen molar-refractivity contribution in [1.82, 2.24) is 9.55 Å². The second-order valence-electron chi connectivity index (χ2n) is 3.75. The molecule has 6 nitrogen and oxygen atoms in total. The number of benzene rings is 1. The van der Waals surface area contributed by atoms with Crippen LogP contribution in [0.15, 0.2) is 18.2 Å². The van der Waals surface area contributed by atoms with Crippen molar-refractivity contribution in [2.24, 2.45) is 5.73 Å². The van der Waals surface area contributed by atoms with Crippen LogP contribution in [0.1, 0.15) is 0 Å². The first-order valence-electron chi connectivity index (χ1n) is 5.36. The van der Waals surface area contributed by atoms with Crippen LogP contribution in [0, 0.1) is 5.82 Å². The van der Waals surface area contributed by atoms with Gasteiger partial charge in [0.05, 0.1) is 12.1 Å². The Kier molecular flexibility index (Phi) is 3.42. The minimum atomic E-state index is -0.537. The lowest BCUT2D eigenvalue weighted by atomic mass is 10.3. The van der Waals surface area contributed by atoms with E-state index in [1.54, 1.807) is 16.7 Å². The van der Waals surface area contributed by atoms with Gasteiger partial charge in [0.25, 0.3) is 0 Å². The van der Waals surface area contributed by atoms with Gasteiger partial charge in [0, 0.05) is 6.54 Å². The van der Waals surface area contributed by atoms with Gasteiger partial charge in [-0.05, 0) is 12.1 Å². The Bertz CT molecular complexity index is 582. The Morgan fingerprint density at radius 2 is 2.28 bits per heavy atom. The van der Waals surface area contributed by atoms with Crippen LogP contribution in [-0.4, -0.2) is 28.7 Å². The predicted octanol–water partition coefficient (Wildman–Crippen LogP) is 0.259. The number of nitrogens with zero attached hydrogens (tertiary/aromatic N) is 2. The number of carbonyl (C=O) groups is 1. The van der Waals surface area contributed by atoms with Crippen LogP contribution < -0.4 is 11.5 Å². The van der Waals surface area contributed by atoms with Gasteiger partial charge in [-0.2, -0.15) is 0 Å². The van der Waals surface area contributed by atoms with E-state index in [0.29, 0.717) is 12.1 Å². The standard InChI is InChI=1S/C11H13FN4O2/c12-7-2-1-3-8-10(7)15-11(14)16(8)4-5-18-6-9(13)17/h1-3H,4-6H2,(H2,13,17)(H2,14,15). The number of rotatable bonds is 5. The third-order valence-electron chi connectivity index (χ3n) is 2.46. The summed E-state index contributed by atoms with van der Waals surface area (Å²) in [7, 11) is 0. The molecule has 2 rings (SSSR count). The monoisotopic (exact) mass is 252 g/mol. The normalized spacial score (nSPS) is 10.9. The zero-order chi connectivity index (χ0) is 13.1. The first-order chi connectivity index (χ1) is 8.59. The van der Waals surface area contributed by atoms with E-state index in [-0.39, 0.29) is 24.7 Å². The summed E-state index contributed by atoms with van der Waals surface area (Å²) in [6.07, 6.45) is 0. The van der Waals surface area contributed by atoms with E-state index in [2.05, 4.69) is 4.98 Å². The van der Waals surface area contributed by atoms with Gasteiger partial charge in [0.2, 0.25) is 11.9 Å². The van der Waals surface area contributed by atoms with Crippen LogP contribution in [0.2, 0.25) is 0 Å². The fourth-order valence-electron chi connectivity index (χ4n) is 1.69. The van der Waals surface area contributed by atoms with Crippen molar-refractivity contribution in [2.75, 3.05) is 18.9 Å². The summed E-state index contributed by atoms with van der Waals surface area (Å²) in [5, 5.41) is 0. The maximum absolute atomic E-state index is 13.4. The van der Waals surface area contributed by atoms with E-state index < -0.39 is 11.7 Å². The average molecular weight is 252 g/mol. The molecule has 0 bridgehead atoms. The summed E-state index contributed by atoms with van der Waals surface area (Å²) in [4.78, 5) is 14.4. The molecule has 1 amide bonds. The zero-order valence-electron chi connectivity index (χ0n) is 9.60. The summed E-state index contributed by atoms with van der Waals surface area (Å²) < 4.78 is 20.1. The highest BCUT2D eigenvalue weighted by Gasteiger charge is 2.11. The highest BCUT2D eigenvalue weighted by Crippen LogP contribution is 2.20. The van der Waals surface area contributed by atoms with E-state index in [1.165, 1.54) is 6.07 Å². The Balaban J connectivity index is 2.15. The lowest BCUT2D eigenvalue weighted by Gasteiger charge is -2.06. The molecule has 0 atom stereocenters. The molecule has 0 saturated carbocycles. The zero-order valence-corrected chi connectivity index (χ0v) is 9.60. The smallest absolute Gasteiger partial charge is 0.243 e. The molecule has 96 valence electrons. The molecule has 0 unspecified atom stereocenters. The second kappa shape index (κ2) is 5.01. The molecule has 0 aliphatic heterocycles. The Morgan fingerprint density at radius 3 is 3.00 bits per heavy atom. The molecule has 18 heavy (non-hydrogen) atoms. The molecule has 1 aromatic heterocycles. The first kappa shape index (κ1) is 12.3. The van der Waals surface area contributed by atoms with Crippen LogP contribution in [0.4, 0.5) is 10.3 Å². The molecule has 7 heteroatoms. The number of nitrogen functional groups attached to an aromatic ring is 1. The van der Waals surface area contributed by atoms with Crippen LogP contribution in [0.25, 0.3) is 11.0 Å².